The number of nitrogens with two attached hydrogens (primary N) is 1. The fourth-order valence-electron chi connectivity index (χ4n) is 1.65. The van der Waals surface area contributed by atoms with Crippen LogP contribution >= 0.6 is 12.4 Å². The number of likely N-dealkylation sites (N-methyl/N-ethyl adjacent to an activating group) is 1. The molecule has 4 heteroatoms. The number of benzene rings is 1. The minimum atomic E-state index is -0.467. The standard InChI is InChI=1S/C14H22N2O.ClH/c1-14(2,11-15)13(17)16(3)10-9-12-7-5-4-6-8-12;/h4-8H,9-11,15H2,1-3H3;1H. The Morgan fingerprint density at radius 1 is 1.28 bits per heavy atom. The molecule has 3 nitrogen and oxygen atoms in total. The van der Waals surface area contributed by atoms with E-state index < -0.39 is 5.41 Å². The van der Waals surface area contributed by atoms with E-state index in [0.717, 1.165) is 13.0 Å². The fourth-order valence-corrected chi connectivity index (χ4v) is 1.65. The summed E-state index contributed by atoms with van der Waals surface area (Å²) < 4.78 is 0. The number of carbonyl (C=O) groups excluding carboxylic acids is 1. The van der Waals surface area contributed by atoms with E-state index in [-0.39, 0.29) is 18.3 Å². The first-order valence-electron chi connectivity index (χ1n) is 5.97. The molecule has 1 aromatic rings. The zero-order valence-corrected chi connectivity index (χ0v) is 12.2. The molecule has 0 fully saturated rings. The van der Waals surface area contributed by atoms with Crippen LogP contribution in [0.2, 0.25) is 0 Å². The largest absolute Gasteiger partial charge is 0.345 e. The van der Waals surface area contributed by atoms with Gasteiger partial charge in [-0.2, -0.15) is 0 Å². The molecule has 0 aliphatic rings. The molecule has 1 aromatic carbocycles. The molecule has 0 saturated carbocycles. The maximum atomic E-state index is 12.1. The number of rotatable bonds is 5. The van der Waals surface area contributed by atoms with Crippen molar-refractivity contribution < 1.29 is 4.79 Å². The van der Waals surface area contributed by atoms with Crippen molar-refractivity contribution in [3.8, 4) is 0 Å². The van der Waals surface area contributed by atoms with E-state index >= 15 is 0 Å². The maximum Gasteiger partial charge on any atom is 0.229 e. The van der Waals surface area contributed by atoms with Crippen LogP contribution in [0.3, 0.4) is 0 Å². The highest BCUT2D eigenvalue weighted by Gasteiger charge is 2.28. The molecule has 0 spiro atoms. The molecule has 2 N–H and O–H groups in total. The van der Waals surface area contributed by atoms with Crippen LogP contribution in [0, 0.1) is 5.41 Å². The molecule has 0 aliphatic carbocycles. The van der Waals surface area contributed by atoms with Crippen LogP contribution < -0.4 is 5.73 Å². The van der Waals surface area contributed by atoms with Gasteiger partial charge in [-0.25, -0.2) is 0 Å². The minimum Gasteiger partial charge on any atom is -0.345 e. The monoisotopic (exact) mass is 270 g/mol. The number of hydrogen-bond donors (Lipinski definition) is 1. The molecule has 0 aliphatic heterocycles. The Balaban J connectivity index is 0.00000289. The van der Waals surface area contributed by atoms with Crippen molar-refractivity contribution in [1.82, 2.24) is 4.90 Å². The second-order valence-electron chi connectivity index (χ2n) is 5.05. The van der Waals surface area contributed by atoms with Gasteiger partial charge in [0.2, 0.25) is 5.91 Å². The van der Waals surface area contributed by atoms with Crippen molar-refractivity contribution in [3.05, 3.63) is 35.9 Å². The summed E-state index contributed by atoms with van der Waals surface area (Å²) in [6, 6.07) is 10.2. The summed E-state index contributed by atoms with van der Waals surface area (Å²) in [5, 5.41) is 0. The Morgan fingerprint density at radius 2 is 1.83 bits per heavy atom. The number of carbonyl (C=O) groups is 1. The van der Waals surface area contributed by atoms with Crippen molar-refractivity contribution in [2.75, 3.05) is 20.1 Å². The van der Waals surface area contributed by atoms with Crippen molar-refractivity contribution in [1.29, 1.82) is 0 Å². The number of amides is 1. The van der Waals surface area contributed by atoms with Gasteiger partial charge in [0, 0.05) is 20.1 Å². The molecule has 0 unspecified atom stereocenters. The molecule has 1 amide bonds. The van der Waals surface area contributed by atoms with E-state index in [1.54, 1.807) is 4.90 Å². The van der Waals surface area contributed by atoms with E-state index in [0.29, 0.717) is 6.54 Å². The van der Waals surface area contributed by atoms with Gasteiger partial charge in [0.15, 0.2) is 0 Å². The Kier molecular flexibility index (Phi) is 6.96. The first-order valence-corrected chi connectivity index (χ1v) is 5.97. The maximum absolute atomic E-state index is 12.1. The highest BCUT2D eigenvalue weighted by molar-refractivity contribution is 5.85. The molecule has 0 saturated heterocycles. The van der Waals surface area contributed by atoms with Gasteiger partial charge >= 0.3 is 0 Å². The summed E-state index contributed by atoms with van der Waals surface area (Å²) in [5.41, 5.74) is 6.39. The lowest BCUT2D eigenvalue weighted by molar-refractivity contribution is -0.138. The molecular weight excluding hydrogens is 248 g/mol. The zero-order valence-electron chi connectivity index (χ0n) is 11.3. The summed E-state index contributed by atoms with van der Waals surface area (Å²) in [5.74, 6) is 0.107. The molecule has 1 rings (SSSR count). The van der Waals surface area contributed by atoms with Gasteiger partial charge in [-0.05, 0) is 25.8 Å². The SMILES string of the molecule is CN(CCc1ccccc1)C(=O)C(C)(C)CN.Cl. The van der Waals surface area contributed by atoms with Gasteiger partial charge in [-0.1, -0.05) is 30.3 Å². The Hall–Kier alpha value is -1.06. The normalized spacial score (nSPS) is 10.7. The molecule has 0 aromatic heterocycles. The van der Waals surface area contributed by atoms with Crippen molar-refractivity contribution >= 4 is 18.3 Å². The van der Waals surface area contributed by atoms with E-state index in [1.807, 2.05) is 39.1 Å². The molecular formula is C14H23ClN2O. The summed E-state index contributed by atoms with van der Waals surface area (Å²) >= 11 is 0. The van der Waals surface area contributed by atoms with E-state index in [4.69, 9.17) is 5.73 Å². The summed E-state index contributed by atoms with van der Waals surface area (Å²) in [6.45, 7) is 4.87. The van der Waals surface area contributed by atoms with Crippen LogP contribution in [0.1, 0.15) is 19.4 Å². The van der Waals surface area contributed by atoms with Crippen LogP contribution in [0.5, 0.6) is 0 Å². The van der Waals surface area contributed by atoms with Crippen molar-refractivity contribution in [2.45, 2.75) is 20.3 Å². The van der Waals surface area contributed by atoms with Crippen LogP contribution in [-0.2, 0) is 11.2 Å². The van der Waals surface area contributed by atoms with Gasteiger partial charge in [-0.3, -0.25) is 4.79 Å². The third-order valence-electron chi connectivity index (χ3n) is 3.01. The van der Waals surface area contributed by atoms with E-state index in [9.17, 15) is 4.79 Å². The molecule has 0 radical (unpaired) electrons. The molecule has 18 heavy (non-hydrogen) atoms. The van der Waals surface area contributed by atoms with Crippen molar-refractivity contribution in [3.63, 3.8) is 0 Å². The second-order valence-corrected chi connectivity index (χ2v) is 5.05. The third-order valence-corrected chi connectivity index (χ3v) is 3.01. The highest BCUT2D eigenvalue weighted by atomic mass is 35.5. The number of hydrogen-bond acceptors (Lipinski definition) is 2. The van der Waals surface area contributed by atoms with Crippen LogP contribution in [0.25, 0.3) is 0 Å². The van der Waals surface area contributed by atoms with Gasteiger partial charge < -0.3 is 10.6 Å². The number of nitrogens with zero attached hydrogens (tertiary/aromatic N) is 1. The Labute approximate surface area is 116 Å². The third kappa shape index (κ3) is 4.67. The second kappa shape index (κ2) is 7.39. The predicted molar refractivity (Wildman–Crippen MR) is 77.9 cm³/mol. The van der Waals surface area contributed by atoms with E-state index in [1.165, 1.54) is 5.56 Å². The van der Waals surface area contributed by atoms with Gasteiger partial charge in [0.1, 0.15) is 0 Å². The van der Waals surface area contributed by atoms with Crippen LogP contribution in [-0.4, -0.2) is 30.9 Å². The zero-order chi connectivity index (χ0) is 12.9. The number of halogens is 1. The highest BCUT2D eigenvalue weighted by Crippen LogP contribution is 2.16. The summed E-state index contributed by atoms with van der Waals surface area (Å²) in [4.78, 5) is 13.8. The first kappa shape index (κ1) is 16.9. The topological polar surface area (TPSA) is 46.3 Å². The summed E-state index contributed by atoms with van der Waals surface area (Å²) in [7, 11) is 1.84. The minimum absolute atomic E-state index is 0. The Bertz CT molecular complexity index is 365. The van der Waals surface area contributed by atoms with Gasteiger partial charge in [0.05, 0.1) is 5.41 Å². The average Bonchev–Trinajstić information content (AvgIpc) is 2.36. The van der Waals surface area contributed by atoms with E-state index in [2.05, 4.69) is 12.1 Å². The summed E-state index contributed by atoms with van der Waals surface area (Å²) in [6.07, 6.45) is 0.879. The van der Waals surface area contributed by atoms with Gasteiger partial charge in [-0.15, -0.1) is 12.4 Å². The van der Waals surface area contributed by atoms with Crippen molar-refractivity contribution in [2.24, 2.45) is 11.1 Å². The average molecular weight is 271 g/mol. The molecule has 0 bridgehead atoms. The lowest BCUT2D eigenvalue weighted by atomic mass is 9.92. The lowest BCUT2D eigenvalue weighted by Gasteiger charge is -2.28. The smallest absolute Gasteiger partial charge is 0.229 e. The molecule has 0 atom stereocenters. The fraction of sp³-hybridized carbons (Fsp3) is 0.500. The van der Waals surface area contributed by atoms with Crippen LogP contribution in [0.15, 0.2) is 30.3 Å². The lowest BCUT2D eigenvalue weighted by Crippen LogP contribution is -2.43. The Morgan fingerprint density at radius 3 is 2.33 bits per heavy atom. The predicted octanol–water partition coefficient (Wildman–Crippen LogP) is 2.09. The van der Waals surface area contributed by atoms with Crippen LogP contribution in [0.4, 0.5) is 0 Å². The first-order chi connectivity index (χ1) is 7.97. The van der Waals surface area contributed by atoms with Gasteiger partial charge in [0.25, 0.3) is 0 Å². The molecule has 102 valence electrons. The molecule has 0 heterocycles. The quantitative estimate of drug-likeness (QED) is 0.891.